The quantitative estimate of drug-likeness (QED) is 0.589. The van der Waals surface area contributed by atoms with Gasteiger partial charge >= 0.3 is 0 Å². The Kier molecular flexibility index (Phi) is 5.93. The molecule has 0 saturated heterocycles. The van der Waals surface area contributed by atoms with E-state index in [9.17, 15) is 13.4 Å². The van der Waals surface area contributed by atoms with Gasteiger partial charge in [0.05, 0.1) is 17.3 Å². The van der Waals surface area contributed by atoms with Crippen LogP contribution < -0.4 is 15.0 Å². The molecule has 8 nitrogen and oxygen atoms in total. The second-order valence-electron chi connectivity index (χ2n) is 6.45. The second-order valence-corrected chi connectivity index (χ2v) is 8.53. The average molecular weight is 494 g/mol. The molecule has 0 saturated carbocycles. The summed E-state index contributed by atoms with van der Waals surface area (Å²) in [5.74, 6) is 0.134. The molecule has 0 amide bonds. The van der Waals surface area contributed by atoms with E-state index in [2.05, 4.69) is 30.6 Å². The molecular weight excluding hydrogens is 477 g/mol. The minimum atomic E-state index is -1.55. The van der Waals surface area contributed by atoms with E-state index in [4.69, 9.17) is 4.74 Å². The van der Waals surface area contributed by atoms with Gasteiger partial charge in [-0.25, -0.2) is 22.9 Å². The third-order valence-corrected chi connectivity index (χ3v) is 6.42. The number of methoxy groups -OCH3 is 1. The lowest BCUT2D eigenvalue weighted by Crippen LogP contribution is -2.38. The van der Waals surface area contributed by atoms with Crippen molar-refractivity contribution in [3.8, 4) is 11.4 Å². The van der Waals surface area contributed by atoms with E-state index in [-0.39, 0.29) is 16.0 Å². The van der Waals surface area contributed by atoms with Crippen LogP contribution in [-0.2, 0) is 24.1 Å². The fourth-order valence-corrected chi connectivity index (χ4v) is 4.52. The summed E-state index contributed by atoms with van der Waals surface area (Å²) < 4.78 is 38.5. The van der Waals surface area contributed by atoms with Crippen molar-refractivity contribution in [3.63, 3.8) is 0 Å². The Morgan fingerprint density at radius 2 is 2.03 bits per heavy atom. The number of benzene rings is 1. The van der Waals surface area contributed by atoms with E-state index < -0.39 is 17.0 Å². The Bertz CT molecular complexity index is 1170. The van der Waals surface area contributed by atoms with E-state index in [1.165, 1.54) is 29.9 Å². The lowest BCUT2D eigenvalue weighted by molar-refractivity contribution is 0.403. The Morgan fingerprint density at radius 3 is 2.77 bits per heavy atom. The zero-order valence-electron chi connectivity index (χ0n) is 15.8. The van der Waals surface area contributed by atoms with E-state index in [1.807, 2.05) is 0 Å². The number of hydrogen-bond donors (Lipinski definition) is 1. The first-order valence-electron chi connectivity index (χ1n) is 8.95. The number of fused-ring (bicyclic) bond motifs is 1. The van der Waals surface area contributed by atoms with Gasteiger partial charge in [-0.1, -0.05) is 6.07 Å². The van der Waals surface area contributed by atoms with Crippen molar-refractivity contribution in [2.75, 3.05) is 18.4 Å². The van der Waals surface area contributed by atoms with Crippen LogP contribution >= 0.6 is 15.9 Å². The average Bonchev–Trinajstić information content (AvgIpc) is 2.76. The van der Waals surface area contributed by atoms with Gasteiger partial charge in [-0.2, -0.15) is 0 Å². The summed E-state index contributed by atoms with van der Waals surface area (Å²) >= 11 is 1.58. The van der Waals surface area contributed by atoms with Gasteiger partial charge in [0.2, 0.25) is 5.95 Å². The van der Waals surface area contributed by atoms with Gasteiger partial charge in [0, 0.05) is 49.7 Å². The Hall–Kier alpha value is -2.63. The number of ether oxygens (including phenoxy) is 1. The number of aromatic nitrogens is 3. The van der Waals surface area contributed by atoms with Gasteiger partial charge in [-0.3, -0.25) is 14.1 Å². The van der Waals surface area contributed by atoms with Crippen molar-refractivity contribution < 1.29 is 13.3 Å². The molecule has 1 aliphatic heterocycles. The van der Waals surface area contributed by atoms with Crippen LogP contribution in [0.4, 0.5) is 10.3 Å². The van der Waals surface area contributed by atoms with Crippen LogP contribution in [0.2, 0.25) is 0 Å². The van der Waals surface area contributed by atoms with Crippen LogP contribution in [0.5, 0.6) is 5.75 Å². The van der Waals surface area contributed by atoms with Crippen molar-refractivity contribution in [1.29, 1.82) is 0 Å². The van der Waals surface area contributed by atoms with Gasteiger partial charge in [0.15, 0.2) is 11.2 Å². The summed E-state index contributed by atoms with van der Waals surface area (Å²) in [5.41, 5.74) is 1.58. The molecule has 4 rings (SSSR count). The molecule has 30 heavy (non-hydrogen) atoms. The van der Waals surface area contributed by atoms with Gasteiger partial charge in [0.25, 0.3) is 5.56 Å². The maximum atomic E-state index is 14.2. The summed E-state index contributed by atoms with van der Waals surface area (Å²) in [6.07, 6.45) is 3.55. The minimum absolute atomic E-state index is 0.247. The van der Waals surface area contributed by atoms with Crippen molar-refractivity contribution in [2.24, 2.45) is 0 Å². The largest absolute Gasteiger partial charge is 0.495 e. The molecule has 0 aliphatic carbocycles. The first kappa shape index (κ1) is 20.6. The van der Waals surface area contributed by atoms with Gasteiger partial charge in [0.1, 0.15) is 11.6 Å². The lowest BCUT2D eigenvalue weighted by Gasteiger charge is -2.29. The number of rotatable bonds is 5. The fourth-order valence-electron chi connectivity index (χ4n) is 3.29. The molecule has 0 radical (unpaired) electrons. The highest BCUT2D eigenvalue weighted by atomic mass is 79.9. The smallest absolute Gasteiger partial charge is 0.255 e. The Morgan fingerprint density at radius 1 is 1.27 bits per heavy atom. The van der Waals surface area contributed by atoms with Crippen LogP contribution in [-0.4, -0.2) is 36.7 Å². The van der Waals surface area contributed by atoms with Crippen molar-refractivity contribution in [2.45, 2.75) is 13.0 Å². The first-order chi connectivity index (χ1) is 14.5. The number of nitrogens with zero attached hydrogens (tertiary/aromatic N) is 4. The molecule has 1 aromatic carbocycles. The highest BCUT2D eigenvalue weighted by Crippen LogP contribution is 2.31. The van der Waals surface area contributed by atoms with Gasteiger partial charge in [-0.15, -0.1) is 0 Å². The fraction of sp³-hybridized carbons (Fsp3) is 0.211. The Labute approximate surface area is 182 Å². The third kappa shape index (κ3) is 4.00. The molecule has 0 fully saturated rings. The first-order valence-corrected chi connectivity index (χ1v) is 10.9. The topological polar surface area (TPSA) is 89.4 Å². The molecule has 11 heteroatoms. The Balaban J connectivity index is 1.68. The molecular formula is C19H17BrFN5O3S. The molecule has 1 N–H and O–H groups in total. The van der Waals surface area contributed by atoms with Crippen LogP contribution in [0.3, 0.4) is 0 Å². The van der Waals surface area contributed by atoms with Crippen LogP contribution in [0.15, 0.2) is 52.0 Å². The van der Waals surface area contributed by atoms with Gasteiger partial charge in [-0.05, 0) is 33.6 Å². The highest BCUT2D eigenvalue weighted by Gasteiger charge is 2.25. The highest BCUT2D eigenvalue weighted by molar-refractivity contribution is 9.10. The molecule has 0 bridgehead atoms. The lowest BCUT2D eigenvalue weighted by atomic mass is 10.1. The predicted octanol–water partition coefficient (Wildman–Crippen LogP) is 2.59. The summed E-state index contributed by atoms with van der Waals surface area (Å²) in [4.78, 5) is 20.7. The van der Waals surface area contributed by atoms with Crippen LogP contribution in [0.25, 0.3) is 5.69 Å². The number of nitrogens with one attached hydrogen (secondary N) is 1. The summed E-state index contributed by atoms with van der Waals surface area (Å²) in [6, 6.07) is 7.55. The van der Waals surface area contributed by atoms with Crippen molar-refractivity contribution >= 4 is 33.0 Å². The molecule has 1 unspecified atom stereocenters. The monoisotopic (exact) mass is 493 g/mol. The number of halogens is 2. The molecule has 1 atom stereocenters. The molecule has 3 aromatic rings. The number of pyridine rings is 1. The summed E-state index contributed by atoms with van der Waals surface area (Å²) in [5, 5.41) is 0. The van der Waals surface area contributed by atoms with E-state index in [0.717, 1.165) is 11.3 Å². The van der Waals surface area contributed by atoms with E-state index in [1.54, 1.807) is 28.8 Å². The summed E-state index contributed by atoms with van der Waals surface area (Å²) in [7, 11) is 1.46. The van der Waals surface area contributed by atoms with Gasteiger partial charge < -0.3 is 4.74 Å². The molecule has 1 aliphatic rings. The van der Waals surface area contributed by atoms with Crippen molar-refractivity contribution in [1.82, 2.24) is 18.8 Å². The zero-order chi connectivity index (χ0) is 21.3. The summed E-state index contributed by atoms with van der Waals surface area (Å²) in [6.45, 7) is 0.758. The molecule has 3 heterocycles. The maximum absolute atomic E-state index is 14.2. The zero-order valence-corrected chi connectivity index (χ0v) is 18.2. The van der Waals surface area contributed by atoms with E-state index in [0.29, 0.717) is 30.9 Å². The van der Waals surface area contributed by atoms with E-state index >= 15 is 0 Å². The number of hydrogen-bond acceptors (Lipinski definition) is 5. The molecule has 0 spiro atoms. The van der Waals surface area contributed by atoms with Crippen LogP contribution in [0.1, 0.15) is 11.3 Å². The normalized spacial score (nSPS) is 14.8. The SMILES string of the molecule is COc1cc(Br)c(F)cc1-n1c2c(ccc1=O)CN(S(=O)Nc1ncccn1)CC2. The maximum Gasteiger partial charge on any atom is 0.255 e. The molecule has 2 aromatic heterocycles. The number of anilines is 1. The third-order valence-electron chi connectivity index (χ3n) is 4.67. The van der Waals surface area contributed by atoms with Crippen molar-refractivity contribution in [3.05, 3.63) is 74.6 Å². The predicted molar refractivity (Wildman–Crippen MR) is 114 cm³/mol. The second kappa shape index (κ2) is 8.62. The van der Waals surface area contributed by atoms with Crippen LogP contribution in [0, 0.1) is 5.82 Å². The minimum Gasteiger partial charge on any atom is -0.495 e. The standard InChI is InChI=1S/C19H17BrFN5O3S/c1-29-17-9-13(20)14(21)10-16(17)26-15-5-8-25(11-12(15)3-4-18(26)27)30(28)24-19-22-6-2-7-23-19/h2-4,6-7,9-10H,5,8,11H2,1H3,(H,22,23,24). The molecule has 156 valence electrons.